The Hall–Kier alpha value is -1.00. The number of hydrogen-bond acceptors (Lipinski definition) is 2. The van der Waals surface area contributed by atoms with Crippen molar-refractivity contribution in [1.82, 2.24) is 0 Å². The van der Waals surface area contributed by atoms with Gasteiger partial charge in [-0.15, -0.1) is 0 Å². The van der Waals surface area contributed by atoms with Gasteiger partial charge < -0.3 is 10.6 Å². The zero-order chi connectivity index (χ0) is 17.7. The van der Waals surface area contributed by atoms with Crippen LogP contribution in [0.3, 0.4) is 0 Å². The summed E-state index contributed by atoms with van der Waals surface area (Å²) in [5.74, 6) is 3.35. The first-order chi connectivity index (χ1) is 12.7. The largest absolute Gasteiger partial charge is 0.382 e. The molecule has 0 amide bonds. The number of anilines is 2. The van der Waals surface area contributed by atoms with Gasteiger partial charge in [0.1, 0.15) is 0 Å². The van der Waals surface area contributed by atoms with E-state index < -0.39 is 0 Å². The standard InChI is InChI=1S/C22H24Br2N2/c23-17-1-5-19(6-2-17)25-21-13-9-15-11-14(21)12-16(10-13)22(15)26-20-7-3-18(24)4-8-20/h1-8,13-16,21-22,25-26H,9-12H2. The topological polar surface area (TPSA) is 24.1 Å². The quantitative estimate of drug-likeness (QED) is 0.524. The summed E-state index contributed by atoms with van der Waals surface area (Å²) in [7, 11) is 0. The van der Waals surface area contributed by atoms with Crippen LogP contribution in [0.25, 0.3) is 0 Å². The van der Waals surface area contributed by atoms with Gasteiger partial charge in [0.2, 0.25) is 0 Å². The molecule has 0 saturated heterocycles. The Labute approximate surface area is 172 Å². The fourth-order valence-electron chi connectivity index (χ4n) is 5.83. The predicted molar refractivity (Wildman–Crippen MR) is 116 cm³/mol. The Morgan fingerprint density at radius 1 is 0.538 bits per heavy atom. The lowest BCUT2D eigenvalue weighted by Gasteiger charge is -2.58. The van der Waals surface area contributed by atoms with Crippen molar-refractivity contribution in [1.29, 1.82) is 0 Å². The van der Waals surface area contributed by atoms with E-state index >= 15 is 0 Å². The minimum Gasteiger partial charge on any atom is -0.382 e. The van der Waals surface area contributed by atoms with Crippen LogP contribution in [0.1, 0.15) is 25.7 Å². The molecule has 6 rings (SSSR count). The van der Waals surface area contributed by atoms with E-state index in [1.807, 2.05) is 0 Å². The minimum atomic E-state index is 0.664. The first kappa shape index (κ1) is 17.1. The average Bonchev–Trinajstić information content (AvgIpc) is 2.63. The van der Waals surface area contributed by atoms with Crippen molar-refractivity contribution >= 4 is 43.2 Å². The Kier molecular flexibility index (Phi) is 4.52. The fraction of sp³-hybridized carbons (Fsp3) is 0.455. The molecule has 0 aromatic heterocycles. The van der Waals surface area contributed by atoms with Crippen molar-refractivity contribution in [2.24, 2.45) is 23.7 Å². The van der Waals surface area contributed by atoms with Crippen LogP contribution < -0.4 is 10.6 Å². The summed E-state index contributed by atoms with van der Waals surface area (Å²) in [4.78, 5) is 0. The van der Waals surface area contributed by atoms with Gasteiger partial charge in [0.05, 0.1) is 0 Å². The molecule has 0 spiro atoms. The molecule has 26 heavy (non-hydrogen) atoms. The van der Waals surface area contributed by atoms with Crippen molar-refractivity contribution in [3.05, 3.63) is 57.5 Å². The molecule has 4 bridgehead atoms. The van der Waals surface area contributed by atoms with Crippen LogP contribution in [0.15, 0.2) is 57.5 Å². The zero-order valence-electron chi connectivity index (χ0n) is 14.7. The van der Waals surface area contributed by atoms with Gasteiger partial charge in [-0.3, -0.25) is 0 Å². The molecule has 4 fully saturated rings. The maximum Gasteiger partial charge on any atom is 0.0343 e. The molecule has 0 aliphatic heterocycles. The Morgan fingerprint density at radius 2 is 0.846 bits per heavy atom. The van der Waals surface area contributed by atoms with Gasteiger partial charge in [0.15, 0.2) is 0 Å². The highest BCUT2D eigenvalue weighted by molar-refractivity contribution is 9.10. The molecule has 0 radical (unpaired) electrons. The highest BCUT2D eigenvalue weighted by Crippen LogP contribution is 2.55. The maximum atomic E-state index is 3.88. The van der Waals surface area contributed by atoms with E-state index in [-0.39, 0.29) is 0 Å². The molecule has 0 unspecified atom stereocenters. The van der Waals surface area contributed by atoms with Gasteiger partial charge in [0, 0.05) is 32.4 Å². The van der Waals surface area contributed by atoms with Crippen LogP contribution in [-0.2, 0) is 0 Å². The fourth-order valence-corrected chi connectivity index (χ4v) is 6.36. The minimum absolute atomic E-state index is 0.664. The molecular formula is C22H24Br2N2. The lowest BCUT2D eigenvalue weighted by molar-refractivity contribution is -0.00387. The normalized spacial score (nSPS) is 34.7. The molecule has 2 aromatic carbocycles. The van der Waals surface area contributed by atoms with E-state index in [2.05, 4.69) is 91.0 Å². The second kappa shape index (κ2) is 6.87. The summed E-state index contributed by atoms with van der Waals surface area (Å²) in [5, 5.41) is 7.75. The second-order valence-corrected chi connectivity index (χ2v) is 10.2. The van der Waals surface area contributed by atoms with Crippen LogP contribution in [-0.4, -0.2) is 12.1 Å². The Balaban J connectivity index is 1.28. The van der Waals surface area contributed by atoms with Crippen LogP contribution in [0.4, 0.5) is 11.4 Å². The monoisotopic (exact) mass is 474 g/mol. The summed E-state index contributed by atoms with van der Waals surface area (Å²) >= 11 is 7.07. The summed E-state index contributed by atoms with van der Waals surface area (Å²) in [6.07, 6.45) is 5.48. The van der Waals surface area contributed by atoms with E-state index in [4.69, 9.17) is 0 Å². The van der Waals surface area contributed by atoms with Crippen LogP contribution >= 0.6 is 31.9 Å². The van der Waals surface area contributed by atoms with E-state index in [1.165, 1.54) is 37.1 Å². The molecule has 0 atom stereocenters. The van der Waals surface area contributed by atoms with Gasteiger partial charge in [-0.1, -0.05) is 31.9 Å². The van der Waals surface area contributed by atoms with E-state index in [0.717, 1.165) is 32.6 Å². The van der Waals surface area contributed by atoms with Gasteiger partial charge in [-0.2, -0.15) is 0 Å². The number of hydrogen-bond donors (Lipinski definition) is 2. The van der Waals surface area contributed by atoms with Crippen molar-refractivity contribution in [2.45, 2.75) is 37.8 Å². The van der Waals surface area contributed by atoms with Crippen molar-refractivity contribution in [3.63, 3.8) is 0 Å². The van der Waals surface area contributed by atoms with Gasteiger partial charge in [-0.25, -0.2) is 0 Å². The Morgan fingerprint density at radius 3 is 1.15 bits per heavy atom. The van der Waals surface area contributed by atoms with Crippen molar-refractivity contribution in [3.8, 4) is 0 Å². The molecule has 2 aromatic rings. The van der Waals surface area contributed by atoms with Crippen molar-refractivity contribution < 1.29 is 0 Å². The van der Waals surface area contributed by atoms with Crippen LogP contribution in [0.2, 0.25) is 0 Å². The molecule has 4 heteroatoms. The molecule has 136 valence electrons. The molecule has 0 heterocycles. The predicted octanol–water partition coefficient (Wildman–Crippen LogP) is 6.54. The van der Waals surface area contributed by atoms with Crippen LogP contribution in [0.5, 0.6) is 0 Å². The van der Waals surface area contributed by atoms with Gasteiger partial charge in [0.25, 0.3) is 0 Å². The highest BCUT2D eigenvalue weighted by Gasteiger charge is 2.52. The molecule has 4 aliphatic carbocycles. The molecule has 2 N–H and O–H groups in total. The number of nitrogens with one attached hydrogen (secondary N) is 2. The summed E-state index contributed by atoms with van der Waals surface area (Å²) in [5.41, 5.74) is 2.55. The summed E-state index contributed by atoms with van der Waals surface area (Å²) in [6, 6.07) is 18.7. The highest BCUT2D eigenvalue weighted by atomic mass is 79.9. The number of rotatable bonds is 4. The van der Waals surface area contributed by atoms with E-state index in [0.29, 0.717) is 12.1 Å². The van der Waals surface area contributed by atoms with Crippen LogP contribution in [0, 0.1) is 23.7 Å². The molecule has 2 nitrogen and oxygen atoms in total. The van der Waals surface area contributed by atoms with Crippen molar-refractivity contribution in [2.75, 3.05) is 10.6 Å². The molecule has 4 aliphatic rings. The first-order valence-electron chi connectivity index (χ1n) is 9.70. The zero-order valence-corrected chi connectivity index (χ0v) is 17.8. The smallest absolute Gasteiger partial charge is 0.0343 e. The second-order valence-electron chi connectivity index (χ2n) is 8.34. The maximum absolute atomic E-state index is 3.88. The summed E-state index contributed by atoms with van der Waals surface area (Å²) in [6.45, 7) is 0. The lowest BCUT2D eigenvalue weighted by atomic mass is 9.52. The number of halogens is 2. The SMILES string of the molecule is Brc1ccc(NC2C3CC4CC2CC(C3)C4Nc2ccc(Br)cc2)cc1. The Bertz CT molecular complexity index is 678. The third-order valence-electron chi connectivity index (χ3n) is 6.81. The lowest BCUT2D eigenvalue weighted by Crippen LogP contribution is -2.59. The van der Waals surface area contributed by atoms with E-state index in [9.17, 15) is 0 Å². The average molecular weight is 476 g/mol. The first-order valence-corrected chi connectivity index (χ1v) is 11.3. The van der Waals surface area contributed by atoms with Gasteiger partial charge in [-0.05, 0) is 97.9 Å². The molecular weight excluding hydrogens is 452 g/mol. The molecule has 4 saturated carbocycles. The third kappa shape index (κ3) is 3.20. The number of benzene rings is 2. The summed E-state index contributed by atoms with van der Waals surface area (Å²) < 4.78 is 2.30. The third-order valence-corrected chi connectivity index (χ3v) is 7.87. The van der Waals surface area contributed by atoms with Gasteiger partial charge >= 0.3 is 0 Å². The van der Waals surface area contributed by atoms with E-state index in [1.54, 1.807) is 0 Å².